The number of hydrogen-bond acceptors (Lipinski definition) is 2. The summed E-state index contributed by atoms with van der Waals surface area (Å²) in [5.74, 6) is -0.708. The van der Waals surface area contributed by atoms with Gasteiger partial charge < -0.3 is 10.0 Å². The van der Waals surface area contributed by atoms with Gasteiger partial charge in [-0.25, -0.2) is 4.39 Å². The minimum Gasteiger partial charge on any atom is -0.423 e. The van der Waals surface area contributed by atoms with Gasteiger partial charge in [0.25, 0.3) is 0 Å². The maximum atomic E-state index is 12.9. The molecule has 64 valence electrons. The summed E-state index contributed by atoms with van der Waals surface area (Å²) in [5.41, 5.74) is 0.345. The SMILES string of the molecule is Cc1ccc(F)c(B(O)O)c1Cl. The Labute approximate surface area is 74.7 Å². The van der Waals surface area contributed by atoms with Crippen molar-refractivity contribution in [2.75, 3.05) is 0 Å². The van der Waals surface area contributed by atoms with Crippen LogP contribution in [0.2, 0.25) is 5.02 Å². The summed E-state index contributed by atoms with van der Waals surface area (Å²) < 4.78 is 12.9. The van der Waals surface area contributed by atoms with Crippen LogP contribution in [0.15, 0.2) is 12.1 Å². The molecule has 0 unspecified atom stereocenters. The fourth-order valence-corrected chi connectivity index (χ4v) is 1.17. The molecule has 1 rings (SSSR count). The molecule has 0 radical (unpaired) electrons. The van der Waals surface area contributed by atoms with Crippen LogP contribution in [0.1, 0.15) is 5.56 Å². The normalized spacial score (nSPS) is 10.1. The van der Waals surface area contributed by atoms with Gasteiger partial charge in [-0.05, 0) is 18.6 Å². The van der Waals surface area contributed by atoms with Crippen LogP contribution >= 0.6 is 11.6 Å². The van der Waals surface area contributed by atoms with Crippen LogP contribution in [-0.4, -0.2) is 17.2 Å². The number of aryl methyl sites for hydroxylation is 1. The molecule has 2 nitrogen and oxygen atoms in total. The lowest BCUT2D eigenvalue weighted by Gasteiger charge is -2.06. The number of hydrogen-bond donors (Lipinski definition) is 2. The average Bonchev–Trinajstić information content (AvgIpc) is 1.97. The van der Waals surface area contributed by atoms with E-state index in [-0.39, 0.29) is 10.5 Å². The van der Waals surface area contributed by atoms with Crippen molar-refractivity contribution in [2.45, 2.75) is 6.92 Å². The van der Waals surface area contributed by atoms with Gasteiger partial charge in [0.1, 0.15) is 5.82 Å². The highest BCUT2D eigenvalue weighted by Crippen LogP contribution is 2.13. The molecule has 0 aliphatic carbocycles. The summed E-state index contributed by atoms with van der Waals surface area (Å²) in [6, 6.07) is 2.62. The lowest BCUT2D eigenvalue weighted by Crippen LogP contribution is -2.34. The Hall–Kier alpha value is -0.575. The van der Waals surface area contributed by atoms with Gasteiger partial charge in [0.15, 0.2) is 0 Å². The molecule has 2 N–H and O–H groups in total. The van der Waals surface area contributed by atoms with Crippen LogP contribution in [0.4, 0.5) is 4.39 Å². The van der Waals surface area contributed by atoms with E-state index in [1.54, 1.807) is 6.92 Å². The molecule has 0 heterocycles. The summed E-state index contributed by atoms with van der Waals surface area (Å²) in [7, 11) is -1.86. The zero-order valence-electron chi connectivity index (χ0n) is 6.38. The molecule has 0 spiro atoms. The number of benzene rings is 1. The molecule has 1 aromatic rings. The first-order chi connectivity index (χ1) is 5.54. The quantitative estimate of drug-likeness (QED) is 0.629. The molecular weight excluding hydrogens is 181 g/mol. The molecule has 1 aromatic carbocycles. The Kier molecular flexibility index (Phi) is 2.72. The van der Waals surface area contributed by atoms with Crippen LogP contribution in [0.3, 0.4) is 0 Å². The van der Waals surface area contributed by atoms with Gasteiger partial charge in [-0.2, -0.15) is 0 Å². The van der Waals surface area contributed by atoms with Crippen molar-refractivity contribution in [1.29, 1.82) is 0 Å². The summed E-state index contributed by atoms with van der Waals surface area (Å²) in [6.45, 7) is 1.66. The standard InChI is InChI=1S/C7H7BClFO2/c1-4-2-3-5(10)6(7(4)9)8(11)12/h2-3,11-12H,1H3. The van der Waals surface area contributed by atoms with Crippen molar-refractivity contribution >= 4 is 24.2 Å². The van der Waals surface area contributed by atoms with E-state index in [4.69, 9.17) is 21.6 Å². The van der Waals surface area contributed by atoms with E-state index in [1.165, 1.54) is 6.07 Å². The summed E-state index contributed by atoms with van der Waals surface area (Å²) in [4.78, 5) is 0. The van der Waals surface area contributed by atoms with Crippen molar-refractivity contribution in [2.24, 2.45) is 0 Å². The molecule has 0 aliphatic rings. The lowest BCUT2D eigenvalue weighted by atomic mass is 9.79. The van der Waals surface area contributed by atoms with Gasteiger partial charge >= 0.3 is 7.12 Å². The Bertz CT molecular complexity index is 304. The van der Waals surface area contributed by atoms with E-state index in [2.05, 4.69) is 0 Å². The van der Waals surface area contributed by atoms with E-state index in [0.29, 0.717) is 5.56 Å². The highest BCUT2D eigenvalue weighted by molar-refractivity contribution is 6.63. The monoisotopic (exact) mass is 188 g/mol. The molecule has 0 saturated carbocycles. The van der Waals surface area contributed by atoms with Gasteiger partial charge in [-0.3, -0.25) is 0 Å². The van der Waals surface area contributed by atoms with E-state index in [9.17, 15) is 4.39 Å². The third kappa shape index (κ3) is 1.60. The van der Waals surface area contributed by atoms with E-state index in [1.807, 2.05) is 0 Å². The lowest BCUT2D eigenvalue weighted by molar-refractivity contribution is 0.423. The molecule has 5 heteroatoms. The van der Waals surface area contributed by atoms with Crippen molar-refractivity contribution < 1.29 is 14.4 Å². The van der Waals surface area contributed by atoms with Gasteiger partial charge in [-0.15, -0.1) is 0 Å². The molecule has 0 fully saturated rings. The van der Waals surface area contributed by atoms with Crippen molar-refractivity contribution in [1.82, 2.24) is 0 Å². The Balaban J connectivity index is 3.33. The molecule has 0 aromatic heterocycles. The zero-order valence-corrected chi connectivity index (χ0v) is 7.14. The largest absolute Gasteiger partial charge is 0.493 e. The summed E-state index contributed by atoms with van der Waals surface area (Å²) >= 11 is 5.63. The fraction of sp³-hybridized carbons (Fsp3) is 0.143. The Morgan fingerprint density at radius 3 is 2.42 bits per heavy atom. The predicted molar refractivity (Wildman–Crippen MR) is 46.0 cm³/mol. The first-order valence-corrected chi connectivity index (χ1v) is 3.72. The topological polar surface area (TPSA) is 40.5 Å². The number of halogens is 2. The van der Waals surface area contributed by atoms with Gasteiger partial charge in [-0.1, -0.05) is 17.7 Å². The smallest absolute Gasteiger partial charge is 0.423 e. The van der Waals surface area contributed by atoms with Gasteiger partial charge in [0.05, 0.1) is 0 Å². The third-order valence-electron chi connectivity index (χ3n) is 1.58. The Morgan fingerprint density at radius 2 is 2.00 bits per heavy atom. The summed E-state index contributed by atoms with van der Waals surface area (Å²) in [5, 5.41) is 17.5. The fourth-order valence-electron chi connectivity index (χ4n) is 0.915. The number of rotatable bonds is 1. The second kappa shape index (κ2) is 3.43. The van der Waals surface area contributed by atoms with Gasteiger partial charge in [0, 0.05) is 10.5 Å². The highest BCUT2D eigenvalue weighted by atomic mass is 35.5. The van der Waals surface area contributed by atoms with Crippen LogP contribution in [-0.2, 0) is 0 Å². The molecule has 0 amide bonds. The van der Waals surface area contributed by atoms with Crippen LogP contribution in [0, 0.1) is 12.7 Å². The molecule has 12 heavy (non-hydrogen) atoms. The second-order valence-electron chi connectivity index (χ2n) is 2.47. The molecule has 0 bridgehead atoms. The van der Waals surface area contributed by atoms with Crippen molar-refractivity contribution in [3.63, 3.8) is 0 Å². The van der Waals surface area contributed by atoms with Crippen LogP contribution < -0.4 is 5.46 Å². The summed E-state index contributed by atoms with van der Waals surface area (Å²) in [6.07, 6.45) is 0. The zero-order chi connectivity index (χ0) is 9.30. The first kappa shape index (κ1) is 9.51. The second-order valence-corrected chi connectivity index (χ2v) is 2.84. The van der Waals surface area contributed by atoms with E-state index in [0.717, 1.165) is 6.07 Å². The minimum absolute atomic E-state index is 0.0602. The maximum Gasteiger partial charge on any atom is 0.493 e. The molecule has 0 aliphatic heterocycles. The first-order valence-electron chi connectivity index (χ1n) is 3.34. The van der Waals surface area contributed by atoms with E-state index < -0.39 is 12.9 Å². The van der Waals surface area contributed by atoms with Crippen molar-refractivity contribution in [3.8, 4) is 0 Å². The molecule has 0 atom stereocenters. The van der Waals surface area contributed by atoms with E-state index >= 15 is 0 Å². The molecular formula is C7H7BClFO2. The average molecular weight is 188 g/mol. The highest BCUT2D eigenvalue weighted by Gasteiger charge is 2.21. The maximum absolute atomic E-state index is 12.9. The Morgan fingerprint density at radius 1 is 1.42 bits per heavy atom. The van der Waals surface area contributed by atoms with Gasteiger partial charge in [0.2, 0.25) is 0 Å². The van der Waals surface area contributed by atoms with Crippen molar-refractivity contribution in [3.05, 3.63) is 28.5 Å². The molecule has 0 saturated heterocycles. The minimum atomic E-state index is -1.86. The third-order valence-corrected chi connectivity index (χ3v) is 2.08. The van der Waals surface area contributed by atoms with Crippen LogP contribution in [0.5, 0.6) is 0 Å². The predicted octanol–water partition coefficient (Wildman–Crippen LogP) is 0.467. The van der Waals surface area contributed by atoms with Crippen LogP contribution in [0.25, 0.3) is 0 Å².